The van der Waals surface area contributed by atoms with Crippen LogP contribution in [0, 0.1) is 0 Å². The molecule has 0 saturated carbocycles. The molecule has 214 valence electrons. The number of nitrogens with one attached hydrogen (secondary N) is 1. The predicted molar refractivity (Wildman–Crippen MR) is 162 cm³/mol. The lowest BCUT2D eigenvalue weighted by molar-refractivity contribution is -0.122. The van der Waals surface area contributed by atoms with Crippen molar-refractivity contribution in [3.8, 4) is 17.1 Å². The van der Waals surface area contributed by atoms with Crippen LogP contribution in [0.15, 0.2) is 57.7 Å². The quantitative estimate of drug-likeness (QED) is 0.234. The summed E-state index contributed by atoms with van der Waals surface area (Å²) in [5.41, 5.74) is 3.21. The maximum absolute atomic E-state index is 13.6. The van der Waals surface area contributed by atoms with Crippen molar-refractivity contribution in [2.24, 2.45) is 0 Å². The average Bonchev–Trinajstić information content (AvgIpc) is 3.32. The van der Waals surface area contributed by atoms with Gasteiger partial charge in [-0.2, -0.15) is 0 Å². The molecule has 0 aliphatic heterocycles. The summed E-state index contributed by atoms with van der Waals surface area (Å²) in [6.45, 7) is 9.97. The second-order valence-corrected chi connectivity index (χ2v) is 12.4. The van der Waals surface area contributed by atoms with E-state index < -0.39 is 18.0 Å². The fraction of sp³-hybridized carbons (Fsp3) is 0.364. The average molecular weight is 574 g/mol. The van der Waals surface area contributed by atoms with Crippen LogP contribution in [0.3, 0.4) is 0 Å². The zero-order valence-electron chi connectivity index (χ0n) is 24.1. The number of benzene rings is 2. The van der Waals surface area contributed by atoms with Crippen molar-refractivity contribution >= 4 is 39.2 Å². The summed E-state index contributed by atoms with van der Waals surface area (Å²) in [6.07, 6.45) is 2.61. The normalized spacial score (nSPS) is 13.9. The number of aryl methyl sites for hydroxylation is 1. The first kappa shape index (κ1) is 28.6. The van der Waals surface area contributed by atoms with E-state index in [2.05, 4.69) is 26.1 Å². The minimum Gasteiger partial charge on any atom is -0.473 e. The summed E-state index contributed by atoms with van der Waals surface area (Å²) >= 11 is 1.41. The first-order valence-corrected chi connectivity index (χ1v) is 14.9. The Hall–Kier alpha value is -3.91. The number of fused-ring (bicyclic) bond motifs is 2. The second-order valence-electron chi connectivity index (χ2n) is 11.3. The fourth-order valence-electron chi connectivity index (χ4n) is 5.06. The number of anilines is 1. The van der Waals surface area contributed by atoms with Crippen molar-refractivity contribution in [2.45, 2.75) is 71.8 Å². The monoisotopic (exact) mass is 573 g/mol. The van der Waals surface area contributed by atoms with Gasteiger partial charge in [-0.05, 0) is 68.2 Å². The van der Waals surface area contributed by atoms with E-state index >= 15 is 0 Å². The van der Waals surface area contributed by atoms with Crippen molar-refractivity contribution in [3.63, 3.8) is 0 Å². The lowest BCUT2D eigenvalue weighted by atomic mass is 9.86. The SMILES string of the molecule is CCOC(=O)c1c(NC(=O)C(C)Oc2c(-c3ccc(C(C)(C)C)cc3)oc3ccccc3c2=O)sc2c1CCCC2. The molecule has 1 N–H and O–H groups in total. The summed E-state index contributed by atoms with van der Waals surface area (Å²) in [5, 5.41) is 3.71. The van der Waals surface area contributed by atoms with Gasteiger partial charge in [0.1, 0.15) is 10.6 Å². The maximum atomic E-state index is 13.6. The number of carbonyl (C=O) groups is 2. The molecule has 7 nitrogen and oxygen atoms in total. The van der Waals surface area contributed by atoms with Gasteiger partial charge < -0.3 is 19.2 Å². The van der Waals surface area contributed by atoms with Crippen molar-refractivity contribution in [1.82, 2.24) is 0 Å². The Morgan fingerprint density at radius 1 is 1.05 bits per heavy atom. The van der Waals surface area contributed by atoms with Crippen molar-refractivity contribution in [2.75, 3.05) is 11.9 Å². The molecule has 1 unspecified atom stereocenters. The molecule has 41 heavy (non-hydrogen) atoms. The highest BCUT2D eigenvalue weighted by Crippen LogP contribution is 2.39. The summed E-state index contributed by atoms with van der Waals surface area (Å²) in [6, 6.07) is 14.8. The van der Waals surface area contributed by atoms with Crippen LogP contribution in [0.5, 0.6) is 5.75 Å². The summed E-state index contributed by atoms with van der Waals surface area (Å²) in [5.74, 6) is -0.693. The molecule has 2 heterocycles. The van der Waals surface area contributed by atoms with Gasteiger partial charge in [0.2, 0.25) is 11.2 Å². The van der Waals surface area contributed by atoms with Crippen LogP contribution < -0.4 is 15.5 Å². The zero-order chi connectivity index (χ0) is 29.3. The van der Waals surface area contributed by atoms with Crippen LogP contribution in [0.2, 0.25) is 0 Å². The van der Waals surface area contributed by atoms with Crippen molar-refractivity contribution in [3.05, 3.63) is 80.3 Å². The Bertz CT molecular complexity index is 1660. The minimum absolute atomic E-state index is 0.0362. The lowest BCUT2D eigenvalue weighted by Gasteiger charge is -2.20. The van der Waals surface area contributed by atoms with Crippen LogP contribution in [-0.4, -0.2) is 24.6 Å². The van der Waals surface area contributed by atoms with Gasteiger partial charge >= 0.3 is 5.97 Å². The first-order valence-electron chi connectivity index (χ1n) is 14.0. The Labute approximate surface area is 243 Å². The number of hydrogen-bond donors (Lipinski definition) is 1. The standard InChI is InChI=1S/C33H35NO6S/c1-6-38-32(37)26-23-12-8-10-14-25(23)41-31(26)34-30(36)19(2)39-29-27(35)22-11-7-9-13-24(22)40-28(29)20-15-17-21(18-16-20)33(3,4)5/h7,9,11,13,15-19H,6,8,10,12,14H2,1-5H3,(H,34,36). The molecule has 1 aliphatic carbocycles. The molecular weight excluding hydrogens is 538 g/mol. The Morgan fingerprint density at radius 2 is 1.76 bits per heavy atom. The smallest absolute Gasteiger partial charge is 0.341 e. The van der Waals surface area contributed by atoms with Gasteiger partial charge in [-0.1, -0.05) is 57.2 Å². The molecular formula is C33H35NO6S. The van der Waals surface area contributed by atoms with E-state index in [0.717, 1.165) is 41.7 Å². The van der Waals surface area contributed by atoms with Crippen LogP contribution in [0.25, 0.3) is 22.3 Å². The van der Waals surface area contributed by atoms with Crippen molar-refractivity contribution < 1.29 is 23.5 Å². The van der Waals surface area contributed by atoms with Crippen LogP contribution in [0.1, 0.15) is 73.8 Å². The Balaban J connectivity index is 1.49. The van der Waals surface area contributed by atoms with Crippen LogP contribution in [-0.2, 0) is 27.8 Å². The van der Waals surface area contributed by atoms with E-state index in [1.165, 1.54) is 11.3 Å². The molecule has 1 amide bonds. The van der Waals surface area contributed by atoms with Crippen molar-refractivity contribution in [1.29, 1.82) is 0 Å². The topological polar surface area (TPSA) is 94.8 Å². The minimum atomic E-state index is -1.05. The number of esters is 1. The Morgan fingerprint density at radius 3 is 2.46 bits per heavy atom. The van der Waals surface area contributed by atoms with Gasteiger partial charge in [-0.25, -0.2) is 4.79 Å². The van der Waals surface area contributed by atoms with Gasteiger partial charge in [0, 0.05) is 10.4 Å². The van der Waals surface area contributed by atoms with Crippen LogP contribution >= 0.6 is 11.3 Å². The van der Waals surface area contributed by atoms with E-state index in [4.69, 9.17) is 13.9 Å². The van der Waals surface area contributed by atoms with E-state index in [1.807, 2.05) is 24.3 Å². The molecule has 0 spiro atoms. The molecule has 0 radical (unpaired) electrons. The number of thiophene rings is 1. The van der Waals surface area contributed by atoms with Crippen LogP contribution in [0.4, 0.5) is 5.00 Å². The van der Waals surface area contributed by atoms with Gasteiger partial charge in [0.05, 0.1) is 17.6 Å². The lowest BCUT2D eigenvalue weighted by Crippen LogP contribution is -2.32. The van der Waals surface area contributed by atoms with E-state index in [-0.39, 0.29) is 29.0 Å². The third-order valence-electron chi connectivity index (χ3n) is 7.32. The molecule has 8 heteroatoms. The number of hydrogen-bond acceptors (Lipinski definition) is 7. The summed E-state index contributed by atoms with van der Waals surface area (Å²) in [4.78, 5) is 41.0. The number of amides is 1. The van der Waals surface area contributed by atoms with E-state index in [0.29, 0.717) is 27.1 Å². The number of carbonyl (C=O) groups excluding carboxylic acids is 2. The third-order valence-corrected chi connectivity index (χ3v) is 8.53. The molecule has 2 aromatic heterocycles. The first-order chi connectivity index (χ1) is 19.6. The van der Waals surface area contributed by atoms with Gasteiger partial charge in [-0.15, -0.1) is 11.3 Å². The third kappa shape index (κ3) is 5.79. The number of para-hydroxylation sites is 1. The highest BCUT2D eigenvalue weighted by atomic mass is 32.1. The highest BCUT2D eigenvalue weighted by molar-refractivity contribution is 7.17. The molecule has 1 aliphatic rings. The Kier molecular flexibility index (Phi) is 8.04. The predicted octanol–water partition coefficient (Wildman–Crippen LogP) is 7.28. The highest BCUT2D eigenvalue weighted by Gasteiger charge is 2.29. The summed E-state index contributed by atoms with van der Waals surface area (Å²) < 4.78 is 17.6. The molecule has 1 atom stereocenters. The fourth-order valence-corrected chi connectivity index (χ4v) is 6.34. The maximum Gasteiger partial charge on any atom is 0.341 e. The van der Waals surface area contributed by atoms with Gasteiger partial charge in [-0.3, -0.25) is 9.59 Å². The molecule has 0 saturated heterocycles. The summed E-state index contributed by atoms with van der Waals surface area (Å²) in [7, 11) is 0. The number of rotatable bonds is 7. The molecule has 0 bridgehead atoms. The second kappa shape index (κ2) is 11.5. The molecule has 0 fully saturated rings. The van der Waals surface area contributed by atoms with Gasteiger partial charge in [0.25, 0.3) is 5.91 Å². The van der Waals surface area contributed by atoms with E-state index in [9.17, 15) is 14.4 Å². The molecule has 2 aromatic carbocycles. The largest absolute Gasteiger partial charge is 0.473 e. The van der Waals surface area contributed by atoms with Gasteiger partial charge in [0.15, 0.2) is 11.9 Å². The van der Waals surface area contributed by atoms with E-state index in [1.54, 1.807) is 38.1 Å². The molecule has 5 rings (SSSR count). The molecule has 4 aromatic rings. The number of ether oxygens (including phenoxy) is 2. The zero-order valence-corrected chi connectivity index (χ0v) is 24.9.